The summed E-state index contributed by atoms with van der Waals surface area (Å²) in [5.41, 5.74) is 6.47. The van der Waals surface area contributed by atoms with E-state index in [0.717, 1.165) is 4.47 Å². The van der Waals surface area contributed by atoms with Crippen molar-refractivity contribution in [3.8, 4) is 10.4 Å². The SMILES string of the molecule is Brc1ccc(C2(c3ccccc3)c3ccccc3-c3sc4ccccc4c32)cc1. The fraction of sp³-hybridized carbons (Fsp3) is 0.0370. The topological polar surface area (TPSA) is 0 Å². The molecule has 1 atom stereocenters. The van der Waals surface area contributed by atoms with Crippen molar-refractivity contribution in [3.63, 3.8) is 0 Å². The normalized spacial score (nSPS) is 17.3. The second-order valence-corrected chi connectivity index (χ2v) is 9.44. The molecule has 0 nitrogen and oxygen atoms in total. The van der Waals surface area contributed by atoms with Crippen LogP contribution in [0.15, 0.2) is 108 Å². The standard InChI is InChI=1S/C27H17BrS/c28-20-16-14-19(15-17-20)27(18-8-2-1-3-9-18)23-12-6-4-10-21(23)26-25(27)22-11-5-7-13-24(22)29-26/h1-17H. The van der Waals surface area contributed by atoms with Gasteiger partial charge < -0.3 is 0 Å². The van der Waals surface area contributed by atoms with E-state index in [4.69, 9.17) is 0 Å². The molecule has 2 heteroatoms. The van der Waals surface area contributed by atoms with Crippen LogP contribution in [0.2, 0.25) is 0 Å². The van der Waals surface area contributed by atoms with Gasteiger partial charge in [0.15, 0.2) is 0 Å². The summed E-state index contributed by atoms with van der Waals surface area (Å²) in [6, 6.07) is 37.6. The Hall–Kier alpha value is -2.68. The molecule has 0 radical (unpaired) electrons. The number of thiophene rings is 1. The van der Waals surface area contributed by atoms with E-state index in [1.54, 1.807) is 0 Å². The van der Waals surface area contributed by atoms with E-state index >= 15 is 0 Å². The fourth-order valence-corrected chi connectivity index (χ4v) is 6.47. The minimum absolute atomic E-state index is 0.312. The molecule has 0 N–H and O–H groups in total. The van der Waals surface area contributed by atoms with E-state index in [1.807, 2.05) is 11.3 Å². The number of hydrogen-bond acceptors (Lipinski definition) is 1. The van der Waals surface area contributed by atoms with Crippen molar-refractivity contribution in [1.82, 2.24) is 0 Å². The molecule has 0 saturated heterocycles. The molecule has 5 aromatic rings. The van der Waals surface area contributed by atoms with Gasteiger partial charge in [0, 0.05) is 14.0 Å². The first-order valence-corrected chi connectivity index (χ1v) is 11.3. The number of fused-ring (bicyclic) bond motifs is 5. The number of hydrogen-bond donors (Lipinski definition) is 0. The lowest BCUT2D eigenvalue weighted by atomic mass is 9.67. The van der Waals surface area contributed by atoms with Gasteiger partial charge >= 0.3 is 0 Å². The maximum Gasteiger partial charge on any atom is 0.0728 e. The molecule has 6 rings (SSSR count). The van der Waals surface area contributed by atoms with E-state index in [-0.39, 0.29) is 5.41 Å². The summed E-state index contributed by atoms with van der Waals surface area (Å²) in [6.45, 7) is 0. The van der Waals surface area contributed by atoms with Crippen molar-refractivity contribution < 1.29 is 0 Å². The summed E-state index contributed by atoms with van der Waals surface area (Å²) < 4.78 is 2.45. The Labute approximate surface area is 182 Å². The highest BCUT2D eigenvalue weighted by Gasteiger charge is 2.48. The molecule has 1 unspecified atom stereocenters. The van der Waals surface area contributed by atoms with Gasteiger partial charge in [0.05, 0.1) is 5.41 Å². The Morgan fingerprint density at radius 2 is 1.28 bits per heavy atom. The monoisotopic (exact) mass is 452 g/mol. The lowest BCUT2D eigenvalue weighted by molar-refractivity contribution is 0.776. The number of halogens is 1. The molecular formula is C27H17BrS. The lowest BCUT2D eigenvalue weighted by Gasteiger charge is -2.33. The molecule has 4 aromatic carbocycles. The molecule has 1 aliphatic rings. The van der Waals surface area contributed by atoms with Gasteiger partial charge in [-0.3, -0.25) is 0 Å². The van der Waals surface area contributed by atoms with Crippen LogP contribution in [0.25, 0.3) is 20.5 Å². The number of benzene rings is 4. The zero-order valence-corrected chi connectivity index (χ0v) is 18.0. The molecular weight excluding hydrogens is 436 g/mol. The minimum atomic E-state index is -0.312. The Balaban J connectivity index is 1.85. The predicted octanol–water partition coefficient (Wildman–Crippen LogP) is 8.03. The van der Waals surface area contributed by atoms with Crippen molar-refractivity contribution >= 4 is 37.4 Å². The van der Waals surface area contributed by atoms with Crippen LogP contribution in [0.3, 0.4) is 0 Å². The highest BCUT2D eigenvalue weighted by molar-refractivity contribution is 9.10. The van der Waals surface area contributed by atoms with Crippen molar-refractivity contribution in [2.24, 2.45) is 0 Å². The smallest absolute Gasteiger partial charge is 0.0728 e. The van der Waals surface area contributed by atoms with Crippen LogP contribution in [-0.2, 0) is 5.41 Å². The third-order valence-electron chi connectivity index (χ3n) is 6.03. The maximum atomic E-state index is 3.63. The van der Waals surface area contributed by atoms with E-state index in [2.05, 4.69) is 119 Å². The molecule has 29 heavy (non-hydrogen) atoms. The predicted molar refractivity (Wildman–Crippen MR) is 127 cm³/mol. The zero-order chi connectivity index (χ0) is 19.4. The Bertz CT molecular complexity index is 1350. The van der Waals surface area contributed by atoms with Gasteiger partial charge in [0.1, 0.15) is 0 Å². The molecule has 0 bridgehead atoms. The van der Waals surface area contributed by atoms with Gasteiger partial charge in [-0.1, -0.05) is 101 Å². The quantitative estimate of drug-likeness (QED) is 0.249. The summed E-state index contributed by atoms with van der Waals surface area (Å²) in [5, 5.41) is 1.36. The van der Waals surface area contributed by atoms with Crippen molar-refractivity contribution in [2.75, 3.05) is 0 Å². The average Bonchev–Trinajstić information content (AvgIpc) is 3.29. The van der Waals surface area contributed by atoms with E-state index in [9.17, 15) is 0 Å². The first-order chi connectivity index (χ1) is 14.3. The highest BCUT2D eigenvalue weighted by atomic mass is 79.9. The van der Waals surface area contributed by atoms with Crippen LogP contribution < -0.4 is 0 Å². The molecule has 138 valence electrons. The first kappa shape index (κ1) is 17.2. The van der Waals surface area contributed by atoms with Crippen molar-refractivity contribution in [1.29, 1.82) is 0 Å². The van der Waals surface area contributed by atoms with Crippen molar-refractivity contribution in [3.05, 3.63) is 130 Å². The molecule has 0 saturated carbocycles. The van der Waals surface area contributed by atoms with E-state index in [0.29, 0.717) is 0 Å². The van der Waals surface area contributed by atoms with Crippen LogP contribution in [-0.4, -0.2) is 0 Å². The molecule has 0 fully saturated rings. The summed E-state index contributed by atoms with van der Waals surface area (Å²) in [5.74, 6) is 0. The summed E-state index contributed by atoms with van der Waals surface area (Å²) in [6.07, 6.45) is 0. The minimum Gasteiger partial charge on any atom is -0.135 e. The van der Waals surface area contributed by atoms with E-state index in [1.165, 1.54) is 42.8 Å². The Morgan fingerprint density at radius 3 is 2.10 bits per heavy atom. The molecule has 1 aliphatic carbocycles. The van der Waals surface area contributed by atoms with Gasteiger partial charge in [-0.25, -0.2) is 0 Å². The van der Waals surface area contributed by atoms with Crippen LogP contribution in [0.1, 0.15) is 22.3 Å². The van der Waals surface area contributed by atoms with Gasteiger partial charge in [0.2, 0.25) is 0 Å². The summed E-state index contributed by atoms with van der Waals surface area (Å²) in [7, 11) is 0. The fourth-order valence-electron chi connectivity index (χ4n) is 4.90. The van der Waals surface area contributed by atoms with E-state index < -0.39 is 0 Å². The summed E-state index contributed by atoms with van der Waals surface area (Å²) >= 11 is 5.54. The molecule has 0 aliphatic heterocycles. The zero-order valence-electron chi connectivity index (χ0n) is 15.6. The van der Waals surface area contributed by atoms with Crippen LogP contribution >= 0.6 is 27.3 Å². The van der Waals surface area contributed by atoms with Crippen LogP contribution in [0, 0.1) is 0 Å². The summed E-state index contributed by atoms with van der Waals surface area (Å²) in [4.78, 5) is 1.40. The van der Waals surface area contributed by atoms with Crippen molar-refractivity contribution in [2.45, 2.75) is 5.41 Å². The molecule has 0 amide bonds. The second-order valence-electron chi connectivity index (χ2n) is 7.47. The maximum absolute atomic E-state index is 3.63. The molecule has 0 spiro atoms. The third-order valence-corrected chi connectivity index (χ3v) is 7.76. The second kappa shape index (κ2) is 6.41. The first-order valence-electron chi connectivity index (χ1n) is 9.73. The lowest BCUT2D eigenvalue weighted by Crippen LogP contribution is -2.28. The largest absolute Gasteiger partial charge is 0.135 e. The molecule has 1 aromatic heterocycles. The highest BCUT2D eigenvalue weighted by Crippen LogP contribution is 2.60. The Morgan fingerprint density at radius 1 is 0.621 bits per heavy atom. The Kier molecular flexibility index (Phi) is 3.80. The van der Waals surface area contributed by atoms with Gasteiger partial charge in [0.25, 0.3) is 0 Å². The average molecular weight is 453 g/mol. The van der Waals surface area contributed by atoms with Gasteiger partial charge in [-0.2, -0.15) is 0 Å². The molecule has 1 heterocycles. The van der Waals surface area contributed by atoms with Crippen LogP contribution in [0.4, 0.5) is 0 Å². The van der Waals surface area contributed by atoms with Crippen LogP contribution in [0.5, 0.6) is 0 Å². The van der Waals surface area contributed by atoms with Gasteiger partial charge in [-0.15, -0.1) is 11.3 Å². The third kappa shape index (κ3) is 2.30. The van der Waals surface area contributed by atoms with Gasteiger partial charge in [-0.05, 0) is 51.4 Å². The number of rotatable bonds is 2.